The molecule has 6 heteroatoms. The molecule has 0 spiro atoms. The Labute approximate surface area is 230 Å². The average Bonchev–Trinajstić information content (AvgIpc) is 3.41. The summed E-state index contributed by atoms with van der Waals surface area (Å²) < 4.78 is 4.65. The predicted octanol–water partition coefficient (Wildman–Crippen LogP) is 7.77. The van der Waals surface area contributed by atoms with Crippen molar-refractivity contribution in [2.75, 3.05) is 0 Å². The highest BCUT2D eigenvalue weighted by molar-refractivity contribution is 5.96. The van der Waals surface area contributed by atoms with E-state index in [4.69, 9.17) is 9.97 Å². The molecule has 0 fully saturated rings. The molecule has 0 unspecified atom stereocenters. The first-order valence-electron chi connectivity index (χ1n) is 13.7. The van der Waals surface area contributed by atoms with Crippen molar-refractivity contribution in [2.24, 2.45) is 0 Å². The van der Waals surface area contributed by atoms with Gasteiger partial charge in [0.1, 0.15) is 11.6 Å². The second-order valence-electron chi connectivity index (χ2n) is 10.6. The van der Waals surface area contributed by atoms with Gasteiger partial charge >= 0.3 is 5.97 Å². The number of carbonyl (C=O) groups is 1. The molecule has 0 saturated heterocycles. The minimum absolute atomic E-state index is 0.308. The van der Waals surface area contributed by atoms with Gasteiger partial charge in [-0.15, -0.1) is 0 Å². The highest BCUT2D eigenvalue weighted by Crippen LogP contribution is 2.32. The molecule has 2 aromatic heterocycles. The fraction of sp³-hybridized carbons (Fsp3) is 0.303. The van der Waals surface area contributed by atoms with Gasteiger partial charge < -0.3 is 14.2 Å². The molecule has 0 aliphatic rings. The van der Waals surface area contributed by atoms with Gasteiger partial charge in [-0.05, 0) is 81.5 Å². The Morgan fingerprint density at radius 3 is 2.33 bits per heavy atom. The molecule has 3 aromatic carbocycles. The van der Waals surface area contributed by atoms with Crippen molar-refractivity contribution in [2.45, 2.75) is 67.0 Å². The molecular weight excluding hydrogens is 484 g/mol. The topological polar surface area (TPSA) is 72.9 Å². The first kappa shape index (κ1) is 26.4. The van der Waals surface area contributed by atoms with E-state index < -0.39 is 5.97 Å². The molecule has 0 bridgehead atoms. The van der Waals surface area contributed by atoms with Gasteiger partial charge in [0.15, 0.2) is 0 Å². The van der Waals surface area contributed by atoms with Crippen molar-refractivity contribution in [3.05, 3.63) is 94.6 Å². The van der Waals surface area contributed by atoms with Gasteiger partial charge in [-0.3, -0.25) is 0 Å². The summed E-state index contributed by atoms with van der Waals surface area (Å²) in [6.45, 7) is 13.6. The quantitative estimate of drug-likeness (QED) is 0.227. The molecule has 0 atom stereocenters. The zero-order chi connectivity index (χ0) is 27.8. The normalized spacial score (nSPS) is 11.6. The number of aromatic nitrogens is 4. The largest absolute Gasteiger partial charge is 0.478 e. The maximum atomic E-state index is 11.7. The summed E-state index contributed by atoms with van der Waals surface area (Å²) in [6.07, 6.45) is 1.91. The fourth-order valence-corrected chi connectivity index (χ4v) is 5.52. The Morgan fingerprint density at radius 2 is 1.67 bits per heavy atom. The van der Waals surface area contributed by atoms with E-state index in [1.54, 1.807) is 12.1 Å². The Bertz CT molecular complexity index is 1670. The molecule has 2 heterocycles. The van der Waals surface area contributed by atoms with Crippen LogP contribution < -0.4 is 0 Å². The first-order valence-corrected chi connectivity index (χ1v) is 13.7. The van der Waals surface area contributed by atoms with Crippen molar-refractivity contribution >= 4 is 17.0 Å². The van der Waals surface area contributed by atoms with Gasteiger partial charge in [-0.25, -0.2) is 14.8 Å². The van der Waals surface area contributed by atoms with Crippen LogP contribution >= 0.6 is 0 Å². The lowest BCUT2D eigenvalue weighted by Gasteiger charge is -2.15. The molecule has 0 radical (unpaired) electrons. The first-order chi connectivity index (χ1) is 18.7. The fourth-order valence-electron chi connectivity index (χ4n) is 5.52. The van der Waals surface area contributed by atoms with Gasteiger partial charge in [0.25, 0.3) is 0 Å². The molecule has 39 heavy (non-hydrogen) atoms. The van der Waals surface area contributed by atoms with Crippen molar-refractivity contribution < 1.29 is 9.90 Å². The van der Waals surface area contributed by atoms with Crippen LogP contribution in [0.15, 0.2) is 60.7 Å². The lowest BCUT2D eigenvalue weighted by Crippen LogP contribution is -2.07. The molecule has 0 amide bonds. The summed E-state index contributed by atoms with van der Waals surface area (Å²) in [4.78, 5) is 21.8. The molecule has 200 valence electrons. The maximum absolute atomic E-state index is 11.7. The van der Waals surface area contributed by atoms with Crippen LogP contribution in [0.1, 0.15) is 71.9 Å². The van der Waals surface area contributed by atoms with Crippen LogP contribution in [0, 0.1) is 20.8 Å². The highest BCUT2D eigenvalue weighted by atomic mass is 16.4. The molecule has 1 N–H and O–H groups in total. The van der Waals surface area contributed by atoms with Crippen molar-refractivity contribution in [3.8, 4) is 22.5 Å². The van der Waals surface area contributed by atoms with Crippen molar-refractivity contribution in [1.82, 2.24) is 19.1 Å². The number of carboxylic acid groups (broad SMARTS) is 1. The van der Waals surface area contributed by atoms with Gasteiger partial charge in [0, 0.05) is 30.3 Å². The summed E-state index contributed by atoms with van der Waals surface area (Å²) >= 11 is 0. The predicted molar refractivity (Wildman–Crippen MR) is 157 cm³/mol. The summed E-state index contributed by atoms with van der Waals surface area (Å²) in [5.41, 5.74) is 9.72. The second-order valence-corrected chi connectivity index (χ2v) is 10.6. The Hall–Kier alpha value is -4.19. The molecular formula is C33H36N4O2. The standard InChI is InChI=1S/C33H36N4O2/c1-7-10-30-35-31-21(4)17-26(32-34-22(5)23(6)37(32)20(2)3)18-29(31)36(30)19-24-13-15-25(16-14-24)27-11-8-9-12-28(27)33(38)39/h8-9,11-18,20H,7,10,19H2,1-6H3,(H,38,39). The number of imidazole rings is 2. The maximum Gasteiger partial charge on any atom is 0.336 e. The van der Waals surface area contributed by atoms with Gasteiger partial charge in [-0.1, -0.05) is 49.4 Å². The van der Waals surface area contributed by atoms with Crippen LogP contribution in [0.2, 0.25) is 0 Å². The van der Waals surface area contributed by atoms with Crippen LogP contribution in [0.25, 0.3) is 33.5 Å². The third-order valence-corrected chi connectivity index (χ3v) is 7.52. The van der Waals surface area contributed by atoms with Crippen LogP contribution in [0.4, 0.5) is 0 Å². The van der Waals surface area contributed by atoms with E-state index in [0.29, 0.717) is 18.2 Å². The van der Waals surface area contributed by atoms with E-state index >= 15 is 0 Å². The third kappa shape index (κ3) is 4.87. The number of fused-ring (bicyclic) bond motifs is 1. The van der Waals surface area contributed by atoms with E-state index in [0.717, 1.165) is 69.0 Å². The Morgan fingerprint density at radius 1 is 0.949 bits per heavy atom. The summed E-state index contributed by atoms with van der Waals surface area (Å²) in [6, 6.07) is 20.1. The molecule has 0 saturated carbocycles. The monoisotopic (exact) mass is 520 g/mol. The van der Waals surface area contributed by atoms with Crippen LogP contribution in [0.3, 0.4) is 0 Å². The van der Waals surface area contributed by atoms with Crippen LogP contribution in [0.5, 0.6) is 0 Å². The van der Waals surface area contributed by atoms with Crippen molar-refractivity contribution in [3.63, 3.8) is 0 Å². The van der Waals surface area contributed by atoms with Crippen LogP contribution in [-0.2, 0) is 13.0 Å². The Balaban J connectivity index is 1.59. The number of aromatic carboxylic acids is 1. The van der Waals surface area contributed by atoms with Gasteiger partial charge in [0.2, 0.25) is 0 Å². The van der Waals surface area contributed by atoms with E-state index in [1.165, 1.54) is 5.69 Å². The van der Waals surface area contributed by atoms with Gasteiger partial charge in [-0.2, -0.15) is 0 Å². The number of rotatable bonds is 8. The van der Waals surface area contributed by atoms with Crippen molar-refractivity contribution in [1.29, 1.82) is 0 Å². The number of benzene rings is 3. The minimum Gasteiger partial charge on any atom is -0.478 e. The number of hydrogen-bond acceptors (Lipinski definition) is 3. The van der Waals surface area contributed by atoms with E-state index in [2.05, 4.69) is 74.9 Å². The zero-order valence-corrected chi connectivity index (χ0v) is 23.6. The molecule has 6 nitrogen and oxygen atoms in total. The lowest BCUT2D eigenvalue weighted by atomic mass is 9.98. The summed E-state index contributed by atoms with van der Waals surface area (Å²) in [5.74, 6) is 1.15. The number of hydrogen-bond donors (Lipinski definition) is 1. The Kier molecular flexibility index (Phi) is 7.13. The molecule has 0 aliphatic heterocycles. The van der Waals surface area contributed by atoms with E-state index in [1.807, 2.05) is 24.3 Å². The highest BCUT2D eigenvalue weighted by Gasteiger charge is 2.19. The smallest absolute Gasteiger partial charge is 0.336 e. The zero-order valence-electron chi connectivity index (χ0n) is 23.6. The number of aryl methyl sites for hydroxylation is 3. The van der Waals surface area contributed by atoms with Gasteiger partial charge in [0.05, 0.1) is 22.3 Å². The molecule has 5 rings (SSSR count). The summed E-state index contributed by atoms with van der Waals surface area (Å²) in [5, 5.41) is 9.61. The average molecular weight is 521 g/mol. The SMILES string of the molecule is CCCc1nc2c(C)cc(-c3nc(C)c(C)n3C(C)C)cc2n1Cc1ccc(-c2ccccc2C(=O)O)cc1. The lowest BCUT2D eigenvalue weighted by molar-refractivity contribution is 0.0697. The third-order valence-electron chi connectivity index (χ3n) is 7.52. The molecule has 0 aliphatic carbocycles. The number of nitrogens with zero attached hydrogens (tertiary/aromatic N) is 4. The number of carboxylic acids is 1. The molecule has 5 aromatic rings. The summed E-state index contributed by atoms with van der Waals surface area (Å²) in [7, 11) is 0. The second kappa shape index (κ2) is 10.5. The van der Waals surface area contributed by atoms with E-state index in [-0.39, 0.29) is 0 Å². The van der Waals surface area contributed by atoms with E-state index in [9.17, 15) is 9.90 Å². The van der Waals surface area contributed by atoms with Crippen LogP contribution in [-0.4, -0.2) is 30.2 Å². The minimum atomic E-state index is -0.918.